The summed E-state index contributed by atoms with van der Waals surface area (Å²) in [5.41, 5.74) is 3.19. The molecule has 0 spiro atoms. The van der Waals surface area contributed by atoms with Crippen LogP contribution in [0.15, 0.2) is 146 Å². The fourth-order valence-corrected chi connectivity index (χ4v) is 5.33. The summed E-state index contributed by atoms with van der Waals surface area (Å²) in [5.74, 6) is -0.820. The zero-order chi connectivity index (χ0) is 28.0. The van der Waals surface area contributed by atoms with Crippen LogP contribution in [-0.4, -0.2) is 17.9 Å². The van der Waals surface area contributed by atoms with E-state index >= 15 is 0 Å². The molecule has 0 aliphatic heterocycles. The number of benzene rings is 6. The fraction of sp³-hybridized carbons (Fsp3) is 0.0811. The number of ether oxygens (including phenoxy) is 1. The first-order valence-corrected chi connectivity index (χ1v) is 13.7. The summed E-state index contributed by atoms with van der Waals surface area (Å²) in [5, 5.41) is 7.09. The zero-order valence-electron chi connectivity index (χ0n) is 22.4. The van der Waals surface area contributed by atoms with Crippen LogP contribution >= 0.6 is 0 Å². The highest BCUT2D eigenvalue weighted by Gasteiger charge is 2.29. The molecule has 0 heterocycles. The third-order valence-electron chi connectivity index (χ3n) is 7.35. The van der Waals surface area contributed by atoms with Gasteiger partial charge in [0.1, 0.15) is 6.04 Å². The molecule has 1 atom stereocenters. The molecular weight excluding hydrogens is 506 g/mol. The van der Waals surface area contributed by atoms with Crippen LogP contribution in [0.4, 0.5) is 0 Å². The van der Waals surface area contributed by atoms with E-state index < -0.39 is 18.1 Å². The fourth-order valence-electron chi connectivity index (χ4n) is 5.33. The van der Waals surface area contributed by atoms with Crippen molar-refractivity contribution in [2.75, 3.05) is 0 Å². The molecule has 0 saturated carbocycles. The summed E-state index contributed by atoms with van der Waals surface area (Å²) in [6.45, 7) is 0. The molecule has 6 aromatic rings. The normalized spacial score (nSPS) is 11.8. The van der Waals surface area contributed by atoms with Crippen molar-refractivity contribution in [3.63, 3.8) is 0 Å². The Labute approximate surface area is 239 Å². The van der Waals surface area contributed by atoms with Gasteiger partial charge in [-0.15, -0.1) is 0 Å². The van der Waals surface area contributed by atoms with Crippen LogP contribution in [0.2, 0.25) is 0 Å². The number of fused-ring (bicyclic) bond motifs is 2. The number of amides is 1. The number of hydrogen-bond acceptors (Lipinski definition) is 3. The second-order valence-electron chi connectivity index (χ2n) is 10.0. The van der Waals surface area contributed by atoms with E-state index in [1.165, 1.54) is 0 Å². The van der Waals surface area contributed by atoms with Crippen molar-refractivity contribution in [2.45, 2.75) is 18.6 Å². The van der Waals surface area contributed by atoms with Crippen LogP contribution in [0.5, 0.6) is 0 Å². The molecule has 0 aliphatic rings. The van der Waals surface area contributed by atoms with Crippen molar-refractivity contribution in [3.05, 3.63) is 168 Å². The summed E-state index contributed by atoms with van der Waals surface area (Å²) < 4.78 is 6.46. The van der Waals surface area contributed by atoms with Crippen LogP contribution in [-0.2, 0) is 16.0 Å². The molecule has 200 valence electrons. The maximum atomic E-state index is 14.1. The first-order chi connectivity index (χ1) is 20.2. The number of esters is 1. The maximum absolute atomic E-state index is 14.1. The minimum absolute atomic E-state index is 0.302. The number of rotatable bonds is 8. The van der Waals surface area contributed by atoms with Gasteiger partial charge in [-0.25, -0.2) is 4.79 Å². The molecule has 1 N–H and O–H groups in total. The molecule has 0 fully saturated rings. The van der Waals surface area contributed by atoms with Crippen LogP contribution < -0.4 is 5.32 Å². The molecule has 0 aliphatic carbocycles. The lowest BCUT2D eigenvalue weighted by Crippen LogP contribution is -2.43. The standard InChI is InChI=1S/C37H29NO3/c39-36(29-17-5-2-6-18-29)38-34(25-26-13-3-1-4-14-26)37(40)41-35(32-23-11-19-27-15-7-9-21-30(27)32)33-24-12-20-28-16-8-10-22-31(28)33/h1-24,34-35H,25H2,(H,38,39)/t34-/m0/s1. The number of carbonyl (C=O) groups is 2. The van der Waals surface area contributed by atoms with Crippen molar-refractivity contribution in [3.8, 4) is 0 Å². The Bertz CT molecular complexity index is 1730. The van der Waals surface area contributed by atoms with Gasteiger partial charge in [0.2, 0.25) is 0 Å². The summed E-state index contributed by atoms with van der Waals surface area (Å²) in [6.07, 6.45) is -0.387. The highest BCUT2D eigenvalue weighted by Crippen LogP contribution is 2.36. The van der Waals surface area contributed by atoms with Crippen LogP contribution in [0.25, 0.3) is 21.5 Å². The van der Waals surface area contributed by atoms with Gasteiger partial charge in [0, 0.05) is 23.1 Å². The largest absolute Gasteiger partial charge is 0.451 e. The van der Waals surface area contributed by atoms with Gasteiger partial charge in [0.05, 0.1) is 0 Å². The van der Waals surface area contributed by atoms with E-state index in [0.29, 0.717) is 12.0 Å². The van der Waals surface area contributed by atoms with Gasteiger partial charge in [-0.3, -0.25) is 4.79 Å². The van der Waals surface area contributed by atoms with E-state index in [1.54, 1.807) is 24.3 Å². The molecule has 6 rings (SSSR count). The summed E-state index contributed by atoms with van der Waals surface area (Å²) in [4.78, 5) is 27.3. The molecule has 6 aromatic carbocycles. The molecular formula is C37H29NO3. The van der Waals surface area contributed by atoms with Crippen molar-refractivity contribution in [1.82, 2.24) is 5.32 Å². The maximum Gasteiger partial charge on any atom is 0.329 e. The molecule has 0 bridgehead atoms. The Hall–Kier alpha value is -5.22. The monoisotopic (exact) mass is 535 g/mol. The lowest BCUT2D eigenvalue weighted by atomic mass is 9.92. The van der Waals surface area contributed by atoms with Gasteiger partial charge in [-0.2, -0.15) is 0 Å². The Kier molecular flexibility index (Phi) is 7.55. The van der Waals surface area contributed by atoms with Gasteiger partial charge in [-0.05, 0) is 39.2 Å². The van der Waals surface area contributed by atoms with E-state index in [1.807, 2.05) is 84.9 Å². The van der Waals surface area contributed by atoms with Crippen molar-refractivity contribution in [1.29, 1.82) is 0 Å². The molecule has 1 amide bonds. The second kappa shape index (κ2) is 11.9. The highest BCUT2D eigenvalue weighted by molar-refractivity contribution is 5.97. The third kappa shape index (κ3) is 5.73. The zero-order valence-corrected chi connectivity index (χ0v) is 22.4. The van der Waals surface area contributed by atoms with E-state index in [2.05, 4.69) is 41.7 Å². The van der Waals surface area contributed by atoms with Gasteiger partial charge in [-0.1, -0.05) is 133 Å². The highest BCUT2D eigenvalue weighted by atomic mass is 16.5. The lowest BCUT2D eigenvalue weighted by molar-refractivity contribution is -0.149. The Morgan fingerprint density at radius 1 is 0.561 bits per heavy atom. The summed E-state index contributed by atoms with van der Waals surface area (Å²) in [6, 6.07) is 46.0. The van der Waals surface area contributed by atoms with E-state index in [0.717, 1.165) is 38.2 Å². The van der Waals surface area contributed by atoms with Gasteiger partial charge in [0.25, 0.3) is 5.91 Å². The van der Waals surface area contributed by atoms with E-state index in [-0.39, 0.29) is 5.91 Å². The molecule has 4 nitrogen and oxygen atoms in total. The van der Waals surface area contributed by atoms with Crippen molar-refractivity contribution < 1.29 is 14.3 Å². The average Bonchev–Trinajstić information content (AvgIpc) is 3.03. The Morgan fingerprint density at radius 2 is 1.05 bits per heavy atom. The van der Waals surface area contributed by atoms with Crippen molar-refractivity contribution in [2.24, 2.45) is 0 Å². The Balaban J connectivity index is 1.42. The second-order valence-corrected chi connectivity index (χ2v) is 10.0. The molecule has 0 saturated heterocycles. The minimum Gasteiger partial charge on any atom is -0.451 e. The smallest absolute Gasteiger partial charge is 0.329 e. The first kappa shape index (κ1) is 26.0. The van der Waals surface area contributed by atoms with Crippen LogP contribution in [0.3, 0.4) is 0 Å². The quantitative estimate of drug-likeness (QED) is 0.204. The van der Waals surface area contributed by atoms with Gasteiger partial charge in [0.15, 0.2) is 6.10 Å². The topological polar surface area (TPSA) is 55.4 Å². The first-order valence-electron chi connectivity index (χ1n) is 13.7. The minimum atomic E-state index is -0.891. The van der Waals surface area contributed by atoms with Gasteiger partial charge < -0.3 is 10.1 Å². The number of hydrogen-bond donors (Lipinski definition) is 1. The van der Waals surface area contributed by atoms with Crippen molar-refractivity contribution >= 4 is 33.4 Å². The predicted octanol–water partition coefficient (Wildman–Crippen LogP) is 7.67. The molecule has 0 unspecified atom stereocenters. The molecule has 4 heteroatoms. The van der Waals surface area contributed by atoms with Crippen LogP contribution in [0, 0.1) is 0 Å². The number of carbonyl (C=O) groups excluding carboxylic acids is 2. The summed E-state index contributed by atoms with van der Waals surface area (Å²) in [7, 11) is 0. The Morgan fingerprint density at radius 3 is 1.63 bits per heavy atom. The predicted molar refractivity (Wildman–Crippen MR) is 164 cm³/mol. The SMILES string of the molecule is O=C(N[C@@H](Cc1ccccc1)C(=O)OC(c1cccc2ccccc12)c1cccc2ccccc12)c1ccccc1. The molecule has 41 heavy (non-hydrogen) atoms. The van der Waals surface area contributed by atoms with Crippen LogP contribution in [0.1, 0.15) is 33.2 Å². The van der Waals surface area contributed by atoms with E-state index in [9.17, 15) is 9.59 Å². The van der Waals surface area contributed by atoms with Gasteiger partial charge >= 0.3 is 5.97 Å². The molecule has 0 aromatic heterocycles. The molecule has 0 radical (unpaired) electrons. The number of nitrogens with one attached hydrogen (secondary N) is 1. The lowest BCUT2D eigenvalue weighted by Gasteiger charge is -2.25. The third-order valence-corrected chi connectivity index (χ3v) is 7.35. The van der Waals surface area contributed by atoms with E-state index in [4.69, 9.17) is 4.74 Å². The summed E-state index contributed by atoms with van der Waals surface area (Å²) >= 11 is 0. The average molecular weight is 536 g/mol.